The zero-order valence-corrected chi connectivity index (χ0v) is 9.60. The van der Waals surface area contributed by atoms with Gasteiger partial charge in [0.1, 0.15) is 0 Å². The molecule has 0 fully saturated rings. The summed E-state index contributed by atoms with van der Waals surface area (Å²) in [5.41, 5.74) is 2.10. The molecule has 2 N–H and O–H groups in total. The number of hydrogen-bond donors (Lipinski definition) is 0. The standard InChI is InChI=1S/C13H11N.Ni.H2O/c1-3-7-12(8-4-1)11-14-13-9-5-2-6-10-13;;/h1-11H;;1H2/b14-11+;;. The average molecular weight is 258 g/mol. The third-order valence-corrected chi connectivity index (χ3v) is 1.92. The molecular formula is C13H13NNiO. The molecule has 0 unspecified atom stereocenters. The summed E-state index contributed by atoms with van der Waals surface area (Å²) in [4.78, 5) is 4.35. The summed E-state index contributed by atoms with van der Waals surface area (Å²) in [6.45, 7) is 0. The monoisotopic (exact) mass is 257 g/mol. The van der Waals surface area contributed by atoms with Gasteiger partial charge < -0.3 is 5.48 Å². The van der Waals surface area contributed by atoms with E-state index in [1.54, 1.807) is 0 Å². The van der Waals surface area contributed by atoms with Gasteiger partial charge in [-0.1, -0.05) is 48.5 Å². The second-order valence-electron chi connectivity index (χ2n) is 3.00. The maximum atomic E-state index is 4.35. The first-order valence-electron chi connectivity index (χ1n) is 4.59. The van der Waals surface area contributed by atoms with Gasteiger partial charge in [-0.25, -0.2) is 0 Å². The molecule has 0 aliphatic carbocycles. The Kier molecular flexibility index (Phi) is 7.10. The molecule has 0 spiro atoms. The Morgan fingerprint density at radius 3 is 1.81 bits per heavy atom. The maximum Gasteiger partial charge on any atom is 0.0629 e. The Hall–Kier alpha value is -1.44. The Labute approximate surface area is 105 Å². The minimum atomic E-state index is 0. The smallest absolute Gasteiger partial charge is 0.0629 e. The molecule has 2 aromatic rings. The van der Waals surface area contributed by atoms with Crippen LogP contribution >= 0.6 is 0 Å². The molecule has 2 nitrogen and oxygen atoms in total. The molecule has 86 valence electrons. The molecule has 3 heteroatoms. The molecule has 0 radical (unpaired) electrons. The van der Waals surface area contributed by atoms with Crippen molar-refractivity contribution >= 4 is 11.9 Å². The van der Waals surface area contributed by atoms with Crippen LogP contribution < -0.4 is 0 Å². The summed E-state index contributed by atoms with van der Waals surface area (Å²) < 4.78 is 0. The van der Waals surface area contributed by atoms with Crippen LogP contribution in [0.4, 0.5) is 5.69 Å². The van der Waals surface area contributed by atoms with Gasteiger partial charge in [0.25, 0.3) is 0 Å². The van der Waals surface area contributed by atoms with Crippen molar-refractivity contribution in [2.24, 2.45) is 4.99 Å². The molecule has 0 bridgehead atoms. The quantitative estimate of drug-likeness (QED) is 0.587. The van der Waals surface area contributed by atoms with E-state index >= 15 is 0 Å². The van der Waals surface area contributed by atoms with Gasteiger partial charge in [0.2, 0.25) is 0 Å². The first-order chi connectivity index (χ1) is 6.95. The van der Waals surface area contributed by atoms with Crippen LogP contribution in [0.15, 0.2) is 65.7 Å². The van der Waals surface area contributed by atoms with E-state index in [-0.39, 0.29) is 22.0 Å². The molecule has 0 aliphatic rings. The van der Waals surface area contributed by atoms with Crippen molar-refractivity contribution in [3.63, 3.8) is 0 Å². The van der Waals surface area contributed by atoms with E-state index in [0.29, 0.717) is 0 Å². The predicted molar refractivity (Wildman–Crippen MR) is 63.8 cm³/mol. The van der Waals surface area contributed by atoms with Crippen molar-refractivity contribution in [1.82, 2.24) is 0 Å². The second-order valence-corrected chi connectivity index (χ2v) is 3.00. The van der Waals surface area contributed by atoms with E-state index in [1.807, 2.05) is 66.9 Å². The van der Waals surface area contributed by atoms with E-state index < -0.39 is 0 Å². The van der Waals surface area contributed by atoms with Crippen molar-refractivity contribution in [2.45, 2.75) is 0 Å². The van der Waals surface area contributed by atoms with Crippen molar-refractivity contribution in [2.75, 3.05) is 0 Å². The molecule has 0 saturated carbocycles. The van der Waals surface area contributed by atoms with Crippen molar-refractivity contribution in [1.29, 1.82) is 0 Å². The molecule has 16 heavy (non-hydrogen) atoms. The van der Waals surface area contributed by atoms with Crippen molar-refractivity contribution in [3.8, 4) is 0 Å². The van der Waals surface area contributed by atoms with Crippen LogP contribution in [0.1, 0.15) is 5.56 Å². The SMILES string of the molecule is C(=N\c1ccccc1)/c1ccccc1.O.[Ni]. The number of nitrogens with zero attached hydrogens (tertiary/aromatic N) is 1. The summed E-state index contributed by atoms with van der Waals surface area (Å²) in [5, 5.41) is 0. The number of aliphatic imine (C=N–C) groups is 1. The van der Waals surface area contributed by atoms with E-state index in [0.717, 1.165) is 11.3 Å². The molecule has 0 aliphatic heterocycles. The predicted octanol–water partition coefficient (Wildman–Crippen LogP) is 2.61. The van der Waals surface area contributed by atoms with Crippen LogP contribution in [0.25, 0.3) is 0 Å². The molecule has 0 aromatic heterocycles. The summed E-state index contributed by atoms with van der Waals surface area (Å²) in [5.74, 6) is 0. The summed E-state index contributed by atoms with van der Waals surface area (Å²) in [6, 6.07) is 20.0. The third kappa shape index (κ3) is 4.39. The van der Waals surface area contributed by atoms with Crippen LogP contribution in [0.3, 0.4) is 0 Å². The van der Waals surface area contributed by atoms with E-state index in [9.17, 15) is 0 Å². The fraction of sp³-hybridized carbons (Fsp3) is 0. The summed E-state index contributed by atoms with van der Waals surface area (Å²) >= 11 is 0. The maximum absolute atomic E-state index is 4.35. The molecule has 2 rings (SSSR count). The number of benzene rings is 2. The molecular weight excluding hydrogens is 245 g/mol. The number of para-hydroxylation sites is 1. The third-order valence-electron chi connectivity index (χ3n) is 1.92. The van der Waals surface area contributed by atoms with Crippen LogP contribution in [0.5, 0.6) is 0 Å². The Bertz CT molecular complexity index is 373. The van der Waals surface area contributed by atoms with Crippen molar-refractivity contribution < 1.29 is 22.0 Å². The van der Waals surface area contributed by atoms with Gasteiger partial charge >= 0.3 is 0 Å². The average Bonchev–Trinajstić information content (AvgIpc) is 2.29. The topological polar surface area (TPSA) is 43.9 Å². The second kappa shape index (κ2) is 7.80. The molecule has 0 heterocycles. The Morgan fingerprint density at radius 2 is 1.25 bits per heavy atom. The van der Waals surface area contributed by atoms with Gasteiger partial charge in [-0.2, -0.15) is 0 Å². The van der Waals surface area contributed by atoms with E-state index in [4.69, 9.17) is 0 Å². The fourth-order valence-corrected chi connectivity index (χ4v) is 1.20. The van der Waals surface area contributed by atoms with E-state index in [2.05, 4.69) is 4.99 Å². The van der Waals surface area contributed by atoms with Gasteiger partial charge in [0, 0.05) is 22.7 Å². The first kappa shape index (κ1) is 14.6. The number of hydrogen-bond acceptors (Lipinski definition) is 1. The van der Waals surface area contributed by atoms with Crippen molar-refractivity contribution in [3.05, 3.63) is 66.2 Å². The minimum absolute atomic E-state index is 0. The Balaban J connectivity index is 0.00000112. The number of rotatable bonds is 2. The van der Waals surface area contributed by atoms with Gasteiger partial charge in [-0.3, -0.25) is 4.99 Å². The zero-order chi connectivity index (χ0) is 9.64. The Morgan fingerprint density at radius 1 is 0.750 bits per heavy atom. The molecule has 0 saturated heterocycles. The van der Waals surface area contributed by atoms with Crippen LogP contribution in [0.2, 0.25) is 0 Å². The molecule has 2 aromatic carbocycles. The first-order valence-corrected chi connectivity index (χ1v) is 4.59. The van der Waals surface area contributed by atoms with Crippen LogP contribution in [0, 0.1) is 0 Å². The fourth-order valence-electron chi connectivity index (χ4n) is 1.20. The van der Waals surface area contributed by atoms with Crippen LogP contribution in [-0.2, 0) is 16.5 Å². The van der Waals surface area contributed by atoms with Gasteiger partial charge in [0.05, 0.1) is 5.69 Å². The van der Waals surface area contributed by atoms with Gasteiger partial charge in [-0.05, 0) is 17.7 Å². The van der Waals surface area contributed by atoms with Gasteiger partial charge in [0.15, 0.2) is 0 Å². The van der Waals surface area contributed by atoms with E-state index in [1.165, 1.54) is 0 Å². The zero-order valence-electron chi connectivity index (χ0n) is 8.61. The normalized spacial score (nSPS) is 9.25. The molecule has 0 atom stereocenters. The minimum Gasteiger partial charge on any atom is -0.412 e. The summed E-state index contributed by atoms with van der Waals surface area (Å²) in [6.07, 6.45) is 1.87. The summed E-state index contributed by atoms with van der Waals surface area (Å²) in [7, 11) is 0. The largest absolute Gasteiger partial charge is 0.412 e. The molecule has 0 amide bonds. The van der Waals surface area contributed by atoms with Crippen LogP contribution in [-0.4, -0.2) is 11.7 Å². The van der Waals surface area contributed by atoms with Gasteiger partial charge in [-0.15, -0.1) is 0 Å².